The van der Waals surface area contributed by atoms with Crippen LogP contribution in [0.25, 0.3) is 0 Å². The van der Waals surface area contributed by atoms with Crippen LogP contribution >= 0.6 is 0 Å². The molecule has 0 aliphatic rings. The van der Waals surface area contributed by atoms with Gasteiger partial charge in [-0.25, -0.2) is 8.78 Å². The highest BCUT2D eigenvalue weighted by atomic mass is 19.1. The molecule has 1 rings (SSSR count). The second-order valence-electron chi connectivity index (χ2n) is 2.63. The first-order chi connectivity index (χ1) is 6.72. The van der Waals surface area contributed by atoms with E-state index in [0.717, 1.165) is 0 Å². The van der Waals surface area contributed by atoms with Gasteiger partial charge in [-0.1, -0.05) is 0 Å². The van der Waals surface area contributed by atoms with Crippen molar-refractivity contribution in [2.45, 2.75) is 0 Å². The van der Waals surface area contributed by atoms with Crippen molar-refractivity contribution in [3.8, 4) is 5.75 Å². The molecular weight excluding hydrogens is 188 g/mol. The van der Waals surface area contributed by atoms with Gasteiger partial charge in [0.05, 0.1) is 0 Å². The summed E-state index contributed by atoms with van der Waals surface area (Å²) in [5.41, 5.74) is 5.10. The van der Waals surface area contributed by atoms with E-state index >= 15 is 0 Å². The van der Waals surface area contributed by atoms with E-state index < -0.39 is 5.83 Å². The minimum absolute atomic E-state index is 0.138. The molecule has 0 aliphatic carbocycles. The number of benzene rings is 1. The molecule has 0 atom stereocenters. The zero-order chi connectivity index (χ0) is 10.4. The summed E-state index contributed by atoms with van der Waals surface area (Å²) in [6.07, 6.45) is 1.23. The van der Waals surface area contributed by atoms with Crippen LogP contribution in [0, 0.1) is 5.82 Å². The Kier molecular flexibility index (Phi) is 4.07. The predicted octanol–water partition coefficient (Wildman–Crippen LogP) is 2.02. The first-order valence-electron chi connectivity index (χ1n) is 4.15. The lowest BCUT2D eigenvalue weighted by Gasteiger charge is -2.03. The van der Waals surface area contributed by atoms with Crippen LogP contribution < -0.4 is 10.5 Å². The lowest BCUT2D eigenvalue weighted by atomic mass is 10.3. The maximum atomic E-state index is 12.8. The molecule has 1 aromatic rings. The summed E-state index contributed by atoms with van der Waals surface area (Å²) in [7, 11) is 0. The Hall–Kier alpha value is -1.42. The topological polar surface area (TPSA) is 35.2 Å². The first kappa shape index (κ1) is 10.7. The SMILES string of the molecule is NCC=C(F)COc1ccc(F)cc1. The van der Waals surface area contributed by atoms with Crippen LogP contribution in [0.2, 0.25) is 0 Å². The molecule has 0 saturated heterocycles. The zero-order valence-corrected chi connectivity index (χ0v) is 7.54. The molecule has 2 nitrogen and oxygen atoms in total. The van der Waals surface area contributed by atoms with Crippen molar-refractivity contribution in [2.75, 3.05) is 13.2 Å². The van der Waals surface area contributed by atoms with E-state index in [1.165, 1.54) is 30.3 Å². The summed E-state index contributed by atoms with van der Waals surface area (Å²) in [6, 6.07) is 5.37. The summed E-state index contributed by atoms with van der Waals surface area (Å²) >= 11 is 0. The molecule has 0 bridgehead atoms. The van der Waals surface area contributed by atoms with Gasteiger partial charge >= 0.3 is 0 Å². The Bertz CT molecular complexity index is 308. The van der Waals surface area contributed by atoms with E-state index in [1.54, 1.807) is 0 Å². The summed E-state index contributed by atoms with van der Waals surface area (Å²) in [6.45, 7) is -0.0402. The van der Waals surface area contributed by atoms with Gasteiger partial charge in [-0.15, -0.1) is 0 Å². The normalized spacial score (nSPS) is 11.5. The van der Waals surface area contributed by atoms with Gasteiger partial charge in [0.15, 0.2) is 0 Å². The fourth-order valence-corrected chi connectivity index (χ4v) is 0.870. The van der Waals surface area contributed by atoms with Crippen molar-refractivity contribution in [3.63, 3.8) is 0 Å². The molecule has 0 heterocycles. The molecule has 0 aliphatic heterocycles. The number of nitrogens with two attached hydrogens (primary N) is 1. The molecule has 0 unspecified atom stereocenters. The monoisotopic (exact) mass is 199 g/mol. The molecule has 0 aromatic heterocycles. The molecule has 0 amide bonds. The summed E-state index contributed by atoms with van der Waals surface area (Å²) < 4.78 is 30.2. The van der Waals surface area contributed by atoms with Crippen LogP contribution in [-0.4, -0.2) is 13.2 Å². The smallest absolute Gasteiger partial charge is 0.139 e. The van der Waals surface area contributed by atoms with Crippen molar-refractivity contribution in [1.82, 2.24) is 0 Å². The summed E-state index contributed by atoms with van der Waals surface area (Å²) in [5, 5.41) is 0. The second kappa shape index (κ2) is 5.34. The maximum absolute atomic E-state index is 12.8. The van der Waals surface area contributed by atoms with Crippen LogP contribution in [0.4, 0.5) is 8.78 Å². The zero-order valence-electron chi connectivity index (χ0n) is 7.54. The van der Waals surface area contributed by atoms with Gasteiger partial charge in [0.25, 0.3) is 0 Å². The first-order valence-corrected chi connectivity index (χ1v) is 4.15. The standard InChI is InChI=1S/C10H11F2NO/c11-8-1-3-10(4-2-8)14-7-9(12)5-6-13/h1-5H,6-7,13H2. The molecule has 0 saturated carbocycles. The molecule has 76 valence electrons. The molecular formula is C10H11F2NO. The maximum Gasteiger partial charge on any atom is 0.139 e. The van der Waals surface area contributed by atoms with Crippen molar-refractivity contribution in [2.24, 2.45) is 5.73 Å². The van der Waals surface area contributed by atoms with Crippen LogP contribution in [0.5, 0.6) is 5.75 Å². The van der Waals surface area contributed by atoms with Gasteiger partial charge in [-0.3, -0.25) is 0 Å². The molecule has 0 fully saturated rings. The third-order valence-corrected chi connectivity index (χ3v) is 1.53. The van der Waals surface area contributed by atoms with E-state index in [2.05, 4.69) is 0 Å². The van der Waals surface area contributed by atoms with Crippen LogP contribution in [0.1, 0.15) is 0 Å². The van der Waals surface area contributed by atoms with Gasteiger partial charge in [0.1, 0.15) is 24.0 Å². The number of rotatable bonds is 4. The Morgan fingerprint density at radius 3 is 2.57 bits per heavy atom. The predicted molar refractivity (Wildman–Crippen MR) is 50.1 cm³/mol. The number of hydrogen-bond acceptors (Lipinski definition) is 2. The molecule has 0 radical (unpaired) electrons. The third kappa shape index (κ3) is 3.53. The minimum Gasteiger partial charge on any atom is -0.487 e. The number of ether oxygens (including phenoxy) is 1. The molecule has 14 heavy (non-hydrogen) atoms. The highest BCUT2D eigenvalue weighted by Gasteiger charge is 1.97. The van der Waals surface area contributed by atoms with Crippen molar-refractivity contribution >= 4 is 0 Å². The second-order valence-corrected chi connectivity index (χ2v) is 2.63. The van der Waals surface area contributed by atoms with Gasteiger partial charge < -0.3 is 10.5 Å². The molecule has 0 spiro atoms. The Morgan fingerprint density at radius 2 is 2.00 bits per heavy atom. The van der Waals surface area contributed by atoms with Gasteiger partial charge in [-0.05, 0) is 30.3 Å². The Balaban J connectivity index is 2.46. The average molecular weight is 199 g/mol. The molecule has 2 N–H and O–H groups in total. The van der Waals surface area contributed by atoms with Crippen LogP contribution in [0.15, 0.2) is 36.2 Å². The molecule has 4 heteroatoms. The van der Waals surface area contributed by atoms with Gasteiger partial charge in [-0.2, -0.15) is 0 Å². The minimum atomic E-state index is -0.433. The fourth-order valence-electron chi connectivity index (χ4n) is 0.870. The van der Waals surface area contributed by atoms with E-state index in [0.29, 0.717) is 5.75 Å². The van der Waals surface area contributed by atoms with Crippen molar-refractivity contribution in [1.29, 1.82) is 0 Å². The quantitative estimate of drug-likeness (QED) is 0.805. The average Bonchev–Trinajstić information content (AvgIpc) is 2.17. The molecule has 1 aromatic carbocycles. The number of halogens is 2. The fraction of sp³-hybridized carbons (Fsp3) is 0.200. The lowest BCUT2D eigenvalue weighted by molar-refractivity contribution is 0.318. The highest BCUT2D eigenvalue weighted by molar-refractivity contribution is 5.22. The van der Waals surface area contributed by atoms with Gasteiger partial charge in [0, 0.05) is 6.54 Å². The van der Waals surface area contributed by atoms with E-state index in [9.17, 15) is 8.78 Å². The van der Waals surface area contributed by atoms with Crippen LogP contribution in [0.3, 0.4) is 0 Å². The lowest BCUT2D eigenvalue weighted by Crippen LogP contribution is -2.01. The third-order valence-electron chi connectivity index (χ3n) is 1.53. The van der Waals surface area contributed by atoms with E-state index in [-0.39, 0.29) is 19.0 Å². The number of hydrogen-bond donors (Lipinski definition) is 1. The summed E-state index contributed by atoms with van der Waals surface area (Å²) in [4.78, 5) is 0. The highest BCUT2D eigenvalue weighted by Crippen LogP contribution is 2.12. The van der Waals surface area contributed by atoms with Crippen molar-refractivity contribution < 1.29 is 13.5 Å². The van der Waals surface area contributed by atoms with Gasteiger partial charge in [0.2, 0.25) is 0 Å². The summed E-state index contributed by atoms with van der Waals surface area (Å²) in [5.74, 6) is -0.362. The van der Waals surface area contributed by atoms with Crippen molar-refractivity contribution in [3.05, 3.63) is 42.0 Å². The van der Waals surface area contributed by atoms with E-state index in [1.807, 2.05) is 0 Å². The largest absolute Gasteiger partial charge is 0.487 e. The van der Waals surface area contributed by atoms with Crippen LogP contribution in [-0.2, 0) is 0 Å². The Labute approximate surface area is 81.0 Å². The van der Waals surface area contributed by atoms with E-state index in [4.69, 9.17) is 10.5 Å². The Morgan fingerprint density at radius 1 is 1.36 bits per heavy atom.